The maximum Gasteiger partial charge on any atom is 0.401 e. The largest absolute Gasteiger partial charge is 0.409 e. The predicted octanol–water partition coefficient (Wildman–Crippen LogP) is 0.219. The van der Waals surface area contributed by atoms with Gasteiger partial charge >= 0.3 is 6.18 Å². The van der Waals surface area contributed by atoms with E-state index in [2.05, 4.69) is 5.16 Å². The van der Waals surface area contributed by atoms with Crippen molar-refractivity contribution < 1.29 is 23.2 Å². The van der Waals surface area contributed by atoms with Crippen LogP contribution in [0.3, 0.4) is 0 Å². The molecule has 0 aromatic heterocycles. The Bertz CT molecular complexity index is 412. The Morgan fingerprint density at radius 2 is 1.80 bits per heavy atom. The molecule has 0 aromatic rings. The van der Waals surface area contributed by atoms with Crippen LogP contribution >= 0.6 is 0 Å². The molecule has 2 aliphatic rings. The van der Waals surface area contributed by atoms with E-state index in [1.165, 1.54) is 9.80 Å². The molecule has 114 valence electrons. The maximum absolute atomic E-state index is 12.3. The molecule has 1 aliphatic heterocycles. The van der Waals surface area contributed by atoms with Crippen LogP contribution in [0.1, 0.15) is 12.8 Å². The van der Waals surface area contributed by atoms with Gasteiger partial charge in [-0.05, 0) is 12.8 Å². The zero-order valence-corrected chi connectivity index (χ0v) is 10.9. The second kappa shape index (κ2) is 5.12. The lowest BCUT2D eigenvalue weighted by Gasteiger charge is -2.36. The molecular formula is C11H17F3N4O2. The fourth-order valence-corrected chi connectivity index (χ4v) is 2.47. The first kappa shape index (κ1) is 14.9. The van der Waals surface area contributed by atoms with Gasteiger partial charge in [-0.2, -0.15) is 13.2 Å². The van der Waals surface area contributed by atoms with Gasteiger partial charge in [0.15, 0.2) is 5.84 Å². The summed E-state index contributed by atoms with van der Waals surface area (Å²) in [7, 11) is 0. The summed E-state index contributed by atoms with van der Waals surface area (Å²) in [6.45, 7) is -0.139. The highest BCUT2D eigenvalue weighted by Gasteiger charge is 2.56. The molecule has 0 radical (unpaired) electrons. The molecule has 20 heavy (non-hydrogen) atoms. The summed E-state index contributed by atoms with van der Waals surface area (Å²) in [6, 6.07) is 0. The number of hydrogen-bond acceptors (Lipinski definition) is 4. The molecule has 1 aliphatic carbocycles. The maximum atomic E-state index is 12.3. The molecule has 3 N–H and O–H groups in total. The second-order valence-electron chi connectivity index (χ2n) is 5.25. The number of hydrogen-bond donors (Lipinski definition) is 2. The second-order valence-corrected chi connectivity index (χ2v) is 5.25. The number of nitrogens with zero attached hydrogens (tertiary/aromatic N) is 3. The van der Waals surface area contributed by atoms with Crippen LogP contribution in [0.25, 0.3) is 0 Å². The molecule has 6 nitrogen and oxygen atoms in total. The molecule has 2 fully saturated rings. The average Bonchev–Trinajstić information content (AvgIpc) is 3.17. The third kappa shape index (κ3) is 2.97. The molecule has 2 rings (SSSR count). The first-order chi connectivity index (χ1) is 9.28. The number of carbonyl (C=O) groups is 1. The normalized spacial score (nSPS) is 23.8. The van der Waals surface area contributed by atoms with Gasteiger partial charge in [-0.15, -0.1) is 0 Å². The van der Waals surface area contributed by atoms with Gasteiger partial charge in [0, 0.05) is 26.2 Å². The van der Waals surface area contributed by atoms with Crippen LogP contribution in [0.2, 0.25) is 0 Å². The Morgan fingerprint density at radius 1 is 1.25 bits per heavy atom. The molecule has 1 saturated carbocycles. The monoisotopic (exact) mass is 294 g/mol. The van der Waals surface area contributed by atoms with Crippen LogP contribution in [-0.2, 0) is 4.79 Å². The number of piperazine rings is 1. The van der Waals surface area contributed by atoms with Gasteiger partial charge in [-0.1, -0.05) is 5.16 Å². The summed E-state index contributed by atoms with van der Waals surface area (Å²) in [5.74, 6) is -0.361. The predicted molar refractivity (Wildman–Crippen MR) is 64.2 cm³/mol. The third-order valence-electron chi connectivity index (χ3n) is 3.82. The summed E-state index contributed by atoms with van der Waals surface area (Å²) in [4.78, 5) is 15.1. The smallest absolute Gasteiger partial charge is 0.401 e. The first-order valence-electron chi connectivity index (χ1n) is 6.35. The van der Waals surface area contributed by atoms with E-state index >= 15 is 0 Å². The Hall–Kier alpha value is -1.51. The lowest BCUT2D eigenvalue weighted by molar-refractivity contribution is -0.152. The summed E-state index contributed by atoms with van der Waals surface area (Å²) in [5, 5.41) is 11.6. The summed E-state index contributed by atoms with van der Waals surface area (Å²) < 4.78 is 36.8. The van der Waals surface area contributed by atoms with E-state index in [-0.39, 0.29) is 37.9 Å². The number of halogens is 3. The lowest BCUT2D eigenvalue weighted by atomic mass is 10.0. The minimum atomic E-state index is -4.22. The van der Waals surface area contributed by atoms with Gasteiger partial charge in [0.25, 0.3) is 0 Å². The topological polar surface area (TPSA) is 82.2 Å². The Labute approximate surface area is 114 Å². The summed E-state index contributed by atoms with van der Waals surface area (Å²) >= 11 is 0. The Morgan fingerprint density at radius 3 is 2.20 bits per heavy atom. The number of oxime groups is 1. The SMILES string of the molecule is NC(=NO)C1(C(=O)N2CCN(CC(F)(F)F)CC2)CC1. The van der Waals surface area contributed by atoms with E-state index in [1.807, 2.05) is 0 Å². The van der Waals surface area contributed by atoms with Crippen LogP contribution < -0.4 is 5.73 Å². The Kier molecular flexibility index (Phi) is 3.81. The number of carbonyl (C=O) groups excluding carboxylic acids is 1. The molecule has 1 amide bonds. The van der Waals surface area contributed by atoms with Crippen molar-refractivity contribution >= 4 is 11.7 Å². The molecule has 1 heterocycles. The van der Waals surface area contributed by atoms with Crippen molar-refractivity contribution in [3.63, 3.8) is 0 Å². The van der Waals surface area contributed by atoms with Gasteiger partial charge in [0.1, 0.15) is 5.41 Å². The van der Waals surface area contributed by atoms with Crippen LogP contribution in [0.4, 0.5) is 13.2 Å². The van der Waals surface area contributed by atoms with Crippen LogP contribution in [0.5, 0.6) is 0 Å². The van der Waals surface area contributed by atoms with Crippen LogP contribution in [0, 0.1) is 5.41 Å². The highest BCUT2D eigenvalue weighted by molar-refractivity contribution is 6.09. The quantitative estimate of drug-likeness (QED) is 0.338. The van der Waals surface area contributed by atoms with Crippen LogP contribution in [-0.4, -0.2) is 65.6 Å². The lowest BCUT2D eigenvalue weighted by Crippen LogP contribution is -2.54. The van der Waals surface area contributed by atoms with E-state index in [1.54, 1.807) is 0 Å². The third-order valence-corrected chi connectivity index (χ3v) is 3.82. The van der Waals surface area contributed by atoms with E-state index < -0.39 is 18.1 Å². The zero-order valence-electron chi connectivity index (χ0n) is 10.9. The van der Waals surface area contributed by atoms with Gasteiger partial charge in [0.2, 0.25) is 5.91 Å². The molecule has 1 saturated heterocycles. The van der Waals surface area contributed by atoms with Gasteiger partial charge in [-0.3, -0.25) is 9.69 Å². The number of amides is 1. The highest BCUT2D eigenvalue weighted by Crippen LogP contribution is 2.47. The van der Waals surface area contributed by atoms with Crippen molar-refractivity contribution in [1.29, 1.82) is 0 Å². The number of amidine groups is 1. The number of alkyl halides is 3. The van der Waals surface area contributed by atoms with Crippen LogP contribution in [0.15, 0.2) is 5.16 Å². The minimum Gasteiger partial charge on any atom is -0.409 e. The Balaban J connectivity index is 1.90. The summed E-state index contributed by atoms with van der Waals surface area (Å²) in [5.41, 5.74) is 4.60. The first-order valence-corrected chi connectivity index (χ1v) is 6.35. The van der Waals surface area contributed by atoms with Gasteiger partial charge in [0.05, 0.1) is 6.54 Å². The van der Waals surface area contributed by atoms with E-state index in [0.717, 1.165) is 0 Å². The molecular weight excluding hydrogens is 277 g/mol. The molecule has 0 spiro atoms. The zero-order chi connectivity index (χ0) is 15.0. The molecule has 0 unspecified atom stereocenters. The average molecular weight is 294 g/mol. The molecule has 0 bridgehead atoms. The van der Waals surface area contributed by atoms with Gasteiger partial charge in [-0.25, -0.2) is 0 Å². The fourth-order valence-electron chi connectivity index (χ4n) is 2.47. The number of nitrogens with two attached hydrogens (primary N) is 1. The van der Waals surface area contributed by atoms with E-state index in [0.29, 0.717) is 12.8 Å². The molecule has 0 aromatic carbocycles. The fraction of sp³-hybridized carbons (Fsp3) is 0.818. The van der Waals surface area contributed by atoms with Gasteiger partial charge < -0.3 is 15.8 Å². The highest BCUT2D eigenvalue weighted by atomic mass is 19.4. The number of rotatable bonds is 3. The van der Waals surface area contributed by atoms with Crippen molar-refractivity contribution in [3.8, 4) is 0 Å². The van der Waals surface area contributed by atoms with Crippen molar-refractivity contribution in [3.05, 3.63) is 0 Å². The van der Waals surface area contributed by atoms with E-state index in [9.17, 15) is 18.0 Å². The van der Waals surface area contributed by atoms with Crippen molar-refractivity contribution in [2.75, 3.05) is 32.7 Å². The van der Waals surface area contributed by atoms with Crippen molar-refractivity contribution in [1.82, 2.24) is 9.80 Å². The van der Waals surface area contributed by atoms with Crippen molar-refractivity contribution in [2.24, 2.45) is 16.3 Å². The molecule has 0 atom stereocenters. The molecule has 9 heteroatoms. The van der Waals surface area contributed by atoms with E-state index in [4.69, 9.17) is 10.9 Å². The minimum absolute atomic E-state index is 0.111. The summed E-state index contributed by atoms with van der Waals surface area (Å²) in [6.07, 6.45) is -3.19. The standard InChI is InChI=1S/C11H17F3N4O2/c12-11(13,14)7-17-3-5-18(6-4-17)9(19)10(1-2-10)8(15)16-20/h20H,1-7H2,(H2,15,16). The van der Waals surface area contributed by atoms with Crippen molar-refractivity contribution in [2.45, 2.75) is 19.0 Å².